The normalized spacial score (nSPS) is 26.8. The van der Waals surface area contributed by atoms with Gasteiger partial charge < -0.3 is 4.90 Å². The summed E-state index contributed by atoms with van der Waals surface area (Å²) in [7, 11) is 0. The van der Waals surface area contributed by atoms with E-state index in [-0.39, 0.29) is 0 Å². The molecule has 1 heteroatoms. The molecular weight excluding hydrogens is 158 g/mol. The van der Waals surface area contributed by atoms with Gasteiger partial charge in [-0.05, 0) is 38.1 Å². The van der Waals surface area contributed by atoms with Gasteiger partial charge in [-0.25, -0.2) is 0 Å². The standard InChI is InChI=1S/C12H25N/c1-5-11(2)13-9-7-6-8-12(3,4)10-13/h11H,5-10H2,1-4H3. The molecule has 0 amide bonds. The predicted molar refractivity (Wildman–Crippen MR) is 59.0 cm³/mol. The van der Waals surface area contributed by atoms with Gasteiger partial charge in [-0.1, -0.05) is 27.2 Å². The second-order valence-electron chi connectivity index (χ2n) is 5.35. The largest absolute Gasteiger partial charge is 0.300 e. The first-order valence-electron chi connectivity index (χ1n) is 5.79. The topological polar surface area (TPSA) is 3.24 Å². The number of likely N-dealkylation sites (tertiary alicyclic amines) is 1. The summed E-state index contributed by atoms with van der Waals surface area (Å²) in [6, 6.07) is 0.775. The van der Waals surface area contributed by atoms with Gasteiger partial charge in [-0.3, -0.25) is 0 Å². The number of rotatable bonds is 2. The van der Waals surface area contributed by atoms with Crippen LogP contribution < -0.4 is 0 Å². The molecule has 1 saturated heterocycles. The van der Waals surface area contributed by atoms with Gasteiger partial charge in [-0.15, -0.1) is 0 Å². The SMILES string of the molecule is CCC(C)N1CCCCC(C)(C)C1. The van der Waals surface area contributed by atoms with Gasteiger partial charge in [0.05, 0.1) is 0 Å². The monoisotopic (exact) mass is 183 g/mol. The summed E-state index contributed by atoms with van der Waals surface area (Å²) in [5.74, 6) is 0. The van der Waals surface area contributed by atoms with Gasteiger partial charge >= 0.3 is 0 Å². The fraction of sp³-hybridized carbons (Fsp3) is 1.00. The minimum Gasteiger partial charge on any atom is -0.300 e. The maximum Gasteiger partial charge on any atom is 0.00645 e. The van der Waals surface area contributed by atoms with E-state index in [0.29, 0.717) is 5.41 Å². The average Bonchev–Trinajstić information content (AvgIpc) is 2.25. The highest BCUT2D eigenvalue weighted by atomic mass is 15.2. The first kappa shape index (κ1) is 11.0. The minimum absolute atomic E-state index is 0.542. The Bertz CT molecular complexity index is 151. The van der Waals surface area contributed by atoms with E-state index in [1.807, 2.05) is 0 Å². The Morgan fingerprint density at radius 3 is 2.62 bits per heavy atom. The van der Waals surface area contributed by atoms with Crippen molar-refractivity contribution in [3.63, 3.8) is 0 Å². The third-order valence-electron chi connectivity index (χ3n) is 3.39. The summed E-state index contributed by atoms with van der Waals surface area (Å²) < 4.78 is 0. The van der Waals surface area contributed by atoms with E-state index < -0.39 is 0 Å². The van der Waals surface area contributed by atoms with Crippen LogP contribution in [-0.2, 0) is 0 Å². The second kappa shape index (κ2) is 4.45. The van der Waals surface area contributed by atoms with E-state index in [1.165, 1.54) is 38.8 Å². The minimum atomic E-state index is 0.542. The summed E-state index contributed by atoms with van der Waals surface area (Å²) in [6.45, 7) is 12.1. The van der Waals surface area contributed by atoms with E-state index in [2.05, 4.69) is 32.6 Å². The van der Waals surface area contributed by atoms with Gasteiger partial charge in [0.1, 0.15) is 0 Å². The fourth-order valence-corrected chi connectivity index (χ4v) is 2.26. The molecule has 1 aliphatic rings. The summed E-state index contributed by atoms with van der Waals surface area (Å²) in [5, 5.41) is 0. The Hall–Kier alpha value is -0.0400. The van der Waals surface area contributed by atoms with Crippen LogP contribution in [0.1, 0.15) is 53.4 Å². The Labute approximate surface area is 83.5 Å². The molecule has 1 nitrogen and oxygen atoms in total. The molecule has 1 rings (SSSR count). The van der Waals surface area contributed by atoms with Crippen molar-refractivity contribution in [3.8, 4) is 0 Å². The zero-order valence-corrected chi connectivity index (χ0v) is 9.77. The maximum atomic E-state index is 2.67. The highest BCUT2D eigenvalue weighted by molar-refractivity contribution is 4.80. The van der Waals surface area contributed by atoms with Crippen molar-refractivity contribution in [3.05, 3.63) is 0 Å². The van der Waals surface area contributed by atoms with E-state index in [1.54, 1.807) is 0 Å². The molecular formula is C12H25N. The van der Waals surface area contributed by atoms with Crippen LogP contribution in [0.15, 0.2) is 0 Å². The van der Waals surface area contributed by atoms with Crippen LogP contribution >= 0.6 is 0 Å². The molecule has 78 valence electrons. The Morgan fingerprint density at radius 2 is 2.00 bits per heavy atom. The molecule has 0 N–H and O–H groups in total. The third-order valence-corrected chi connectivity index (χ3v) is 3.39. The molecule has 0 spiro atoms. The Morgan fingerprint density at radius 1 is 1.31 bits per heavy atom. The zero-order chi connectivity index (χ0) is 9.90. The summed E-state index contributed by atoms with van der Waals surface area (Å²) in [6.07, 6.45) is 5.50. The van der Waals surface area contributed by atoms with Crippen molar-refractivity contribution in [2.24, 2.45) is 5.41 Å². The quantitative estimate of drug-likeness (QED) is 0.635. The van der Waals surface area contributed by atoms with E-state index in [0.717, 1.165) is 6.04 Å². The lowest BCUT2D eigenvalue weighted by molar-refractivity contribution is 0.149. The molecule has 0 aromatic heterocycles. The number of hydrogen-bond donors (Lipinski definition) is 0. The van der Waals surface area contributed by atoms with Gasteiger partial charge in [0, 0.05) is 12.6 Å². The fourth-order valence-electron chi connectivity index (χ4n) is 2.26. The molecule has 0 aromatic carbocycles. The van der Waals surface area contributed by atoms with Crippen LogP contribution in [0.25, 0.3) is 0 Å². The molecule has 1 atom stereocenters. The molecule has 13 heavy (non-hydrogen) atoms. The predicted octanol–water partition coefficient (Wildman–Crippen LogP) is 3.30. The van der Waals surface area contributed by atoms with Crippen molar-refractivity contribution in [1.82, 2.24) is 4.90 Å². The average molecular weight is 183 g/mol. The number of nitrogens with zero attached hydrogens (tertiary/aromatic N) is 1. The first-order chi connectivity index (χ1) is 6.05. The molecule has 1 heterocycles. The molecule has 0 saturated carbocycles. The summed E-state index contributed by atoms with van der Waals surface area (Å²) in [5.41, 5.74) is 0.542. The van der Waals surface area contributed by atoms with Crippen molar-refractivity contribution in [2.45, 2.75) is 59.4 Å². The molecule has 1 unspecified atom stereocenters. The summed E-state index contributed by atoms with van der Waals surface area (Å²) in [4.78, 5) is 2.67. The van der Waals surface area contributed by atoms with E-state index in [4.69, 9.17) is 0 Å². The smallest absolute Gasteiger partial charge is 0.00645 e. The molecule has 0 bridgehead atoms. The van der Waals surface area contributed by atoms with Crippen LogP contribution in [0.5, 0.6) is 0 Å². The molecule has 0 radical (unpaired) electrons. The van der Waals surface area contributed by atoms with Gasteiger partial charge in [0.15, 0.2) is 0 Å². The Kier molecular flexibility index (Phi) is 3.78. The molecule has 1 aliphatic heterocycles. The summed E-state index contributed by atoms with van der Waals surface area (Å²) >= 11 is 0. The lowest BCUT2D eigenvalue weighted by atomic mass is 9.88. The van der Waals surface area contributed by atoms with Crippen LogP contribution in [0.3, 0.4) is 0 Å². The maximum absolute atomic E-state index is 2.67. The third kappa shape index (κ3) is 3.30. The van der Waals surface area contributed by atoms with Crippen LogP contribution in [0.2, 0.25) is 0 Å². The van der Waals surface area contributed by atoms with Crippen molar-refractivity contribution >= 4 is 0 Å². The van der Waals surface area contributed by atoms with E-state index in [9.17, 15) is 0 Å². The van der Waals surface area contributed by atoms with Crippen molar-refractivity contribution in [2.75, 3.05) is 13.1 Å². The highest BCUT2D eigenvalue weighted by Gasteiger charge is 2.26. The highest BCUT2D eigenvalue weighted by Crippen LogP contribution is 2.29. The zero-order valence-electron chi connectivity index (χ0n) is 9.77. The second-order valence-corrected chi connectivity index (χ2v) is 5.35. The van der Waals surface area contributed by atoms with Crippen LogP contribution in [0.4, 0.5) is 0 Å². The lowest BCUT2D eigenvalue weighted by Crippen LogP contribution is -2.38. The Balaban J connectivity index is 2.54. The van der Waals surface area contributed by atoms with Crippen molar-refractivity contribution < 1.29 is 0 Å². The van der Waals surface area contributed by atoms with Crippen LogP contribution in [-0.4, -0.2) is 24.0 Å². The number of hydrogen-bond acceptors (Lipinski definition) is 1. The molecule has 0 aromatic rings. The van der Waals surface area contributed by atoms with Crippen molar-refractivity contribution in [1.29, 1.82) is 0 Å². The van der Waals surface area contributed by atoms with Gasteiger partial charge in [0.25, 0.3) is 0 Å². The van der Waals surface area contributed by atoms with E-state index >= 15 is 0 Å². The first-order valence-corrected chi connectivity index (χ1v) is 5.79. The molecule has 1 fully saturated rings. The van der Waals surface area contributed by atoms with Crippen LogP contribution in [0, 0.1) is 5.41 Å². The lowest BCUT2D eigenvalue weighted by Gasteiger charge is -2.33. The van der Waals surface area contributed by atoms with Gasteiger partial charge in [-0.2, -0.15) is 0 Å². The van der Waals surface area contributed by atoms with Gasteiger partial charge in [0.2, 0.25) is 0 Å². The molecule has 0 aliphatic carbocycles.